The third-order valence-electron chi connectivity index (χ3n) is 3.72. The third kappa shape index (κ3) is 2.96. The zero-order valence-corrected chi connectivity index (χ0v) is 11.6. The average Bonchev–Trinajstić information content (AvgIpc) is 2.42. The summed E-state index contributed by atoms with van der Waals surface area (Å²) in [4.78, 5) is 0. The van der Waals surface area contributed by atoms with Crippen LogP contribution in [0.25, 0.3) is 0 Å². The third-order valence-corrected chi connectivity index (χ3v) is 3.72. The minimum absolute atomic E-state index is 0.583. The Bertz CT molecular complexity index is 398. The van der Waals surface area contributed by atoms with Crippen LogP contribution < -0.4 is 14.8 Å². The van der Waals surface area contributed by atoms with Crippen molar-refractivity contribution in [3.05, 3.63) is 23.3 Å². The van der Waals surface area contributed by atoms with Crippen LogP contribution in [0.5, 0.6) is 11.5 Å². The number of nitrogens with one attached hydrogen (secondary N) is 1. The van der Waals surface area contributed by atoms with E-state index in [-0.39, 0.29) is 0 Å². The molecule has 1 aromatic rings. The lowest BCUT2D eigenvalue weighted by atomic mass is 9.94. The van der Waals surface area contributed by atoms with Gasteiger partial charge in [0.05, 0.1) is 14.2 Å². The Hall–Kier alpha value is -1.22. The molecule has 1 atom stereocenters. The molecule has 1 N–H and O–H groups in total. The Morgan fingerprint density at radius 2 is 2.06 bits per heavy atom. The van der Waals surface area contributed by atoms with Crippen LogP contribution in [0.15, 0.2) is 12.1 Å². The highest BCUT2D eigenvalue weighted by molar-refractivity contribution is 5.46. The van der Waals surface area contributed by atoms with Gasteiger partial charge in [-0.25, -0.2) is 0 Å². The number of ether oxygens (including phenoxy) is 2. The molecule has 0 saturated carbocycles. The molecular weight excluding hydrogens is 226 g/mol. The van der Waals surface area contributed by atoms with E-state index < -0.39 is 0 Å². The minimum Gasteiger partial charge on any atom is -0.497 e. The summed E-state index contributed by atoms with van der Waals surface area (Å²) in [6, 6.07) is 4.64. The lowest BCUT2D eigenvalue weighted by Crippen LogP contribution is -2.35. The van der Waals surface area contributed by atoms with Crippen molar-refractivity contribution >= 4 is 0 Å². The molecule has 0 spiro atoms. The van der Waals surface area contributed by atoms with E-state index in [2.05, 4.69) is 18.3 Å². The average molecular weight is 249 g/mol. The summed E-state index contributed by atoms with van der Waals surface area (Å²) >= 11 is 0. The van der Waals surface area contributed by atoms with Crippen molar-refractivity contribution in [3.63, 3.8) is 0 Å². The van der Waals surface area contributed by atoms with E-state index >= 15 is 0 Å². The van der Waals surface area contributed by atoms with Gasteiger partial charge in [-0.15, -0.1) is 0 Å². The first-order valence-electron chi connectivity index (χ1n) is 6.69. The molecule has 3 heteroatoms. The number of piperidine rings is 1. The molecule has 0 radical (unpaired) electrons. The standard InChI is InChI=1S/C15H23NO2/c1-11-8-13(17-2)10-15(18-3)14(11)9-12-6-4-5-7-16-12/h8,10,12,16H,4-7,9H2,1-3H3. The molecule has 1 aliphatic heterocycles. The van der Waals surface area contributed by atoms with Gasteiger partial charge in [0.1, 0.15) is 11.5 Å². The molecule has 1 aromatic carbocycles. The molecule has 1 unspecified atom stereocenters. The van der Waals surface area contributed by atoms with E-state index in [9.17, 15) is 0 Å². The van der Waals surface area contributed by atoms with Gasteiger partial charge in [0, 0.05) is 12.1 Å². The Kier molecular flexibility index (Phi) is 4.48. The van der Waals surface area contributed by atoms with Crippen molar-refractivity contribution in [1.29, 1.82) is 0 Å². The van der Waals surface area contributed by atoms with Gasteiger partial charge >= 0.3 is 0 Å². The molecule has 0 bridgehead atoms. The van der Waals surface area contributed by atoms with Crippen molar-refractivity contribution < 1.29 is 9.47 Å². The van der Waals surface area contributed by atoms with Crippen LogP contribution in [-0.4, -0.2) is 26.8 Å². The van der Waals surface area contributed by atoms with Gasteiger partial charge in [-0.3, -0.25) is 0 Å². The quantitative estimate of drug-likeness (QED) is 0.890. The highest BCUT2D eigenvalue weighted by Crippen LogP contribution is 2.30. The molecule has 0 aliphatic carbocycles. The van der Waals surface area contributed by atoms with Crippen molar-refractivity contribution in [1.82, 2.24) is 5.32 Å². The highest BCUT2D eigenvalue weighted by atomic mass is 16.5. The van der Waals surface area contributed by atoms with Crippen LogP contribution in [0.2, 0.25) is 0 Å². The largest absolute Gasteiger partial charge is 0.497 e. The summed E-state index contributed by atoms with van der Waals surface area (Å²) in [5.74, 6) is 1.81. The van der Waals surface area contributed by atoms with Gasteiger partial charge in [0.2, 0.25) is 0 Å². The predicted octanol–water partition coefficient (Wildman–Crippen LogP) is 2.70. The number of methoxy groups -OCH3 is 2. The first-order valence-corrected chi connectivity index (χ1v) is 6.69. The number of hydrogen-bond donors (Lipinski definition) is 1. The van der Waals surface area contributed by atoms with Crippen LogP contribution in [0.3, 0.4) is 0 Å². The summed E-state index contributed by atoms with van der Waals surface area (Å²) in [6.45, 7) is 3.27. The van der Waals surface area contributed by atoms with E-state index in [1.807, 2.05) is 6.07 Å². The van der Waals surface area contributed by atoms with E-state index in [4.69, 9.17) is 9.47 Å². The van der Waals surface area contributed by atoms with Crippen molar-refractivity contribution in [2.45, 2.75) is 38.6 Å². The van der Waals surface area contributed by atoms with E-state index in [1.54, 1.807) is 14.2 Å². The van der Waals surface area contributed by atoms with Gasteiger partial charge in [-0.05, 0) is 49.9 Å². The second-order valence-corrected chi connectivity index (χ2v) is 4.98. The first-order chi connectivity index (χ1) is 8.74. The van der Waals surface area contributed by atoms with Crippen LogP contribution >= 0.6 is 0 Å². The van der Waals surface area contributed by atoms with Gasteiger partial charge in [0.15, 0.2) is 0 Å². The van der Waals surface area contributed by atoms with Crippen LogP contribution in [0, 0.1) is 6.92 Å². The topological polar surface area (TPSA) is 30.5 Å². The molecule has 18 heavy (non-hydrogen) atoms. The second kappa shape index (κ2) is 6.10. The molecule has 1 saturated heterocycles. The fraction of sp³-hybridized carbons (Fsp3) is 0.600. The van der Waals surface area contributed by atoms with Crippen molar-refractivity contribution in [2.24, 2.45) is 0 Å². The number of rotatable bonds is 4. The Morgan fingerprint density at radius 3 is 2.67 bits per heavy atom. The monoisotopic (exact) mass is 249 g/mol. The number of aryl methyl sites for hydroxylation is 1. The number of hydrogen-bond acceptors (Lipinski definition) is 3. The van der Waals surface area contributed by atoms with E-state index in [0.29, 0.717) is 6.04 Å². The first kappa shape index (κ1) is 13.2. The zero-order valence-electron chi connectivity index (χ0n) is 11.6. The predicted molar refractivity (Wildman–Crippen MR) is 73.6 cm³/mol. The Morgan fingerprint density at radius 1 is 1.22 bits per heavy atom. The van der Waals surface area contributed by atoms with E-state index in [0.717, 1.165) is 24.5 Å². The van der Waals surface area contributed by atoms with Gasteiger partial charge in [0.25, 0.3) is 0 Å². The molecule has 0 amide bonds. The van der Waals surface area contributed by atoms with Crippen LogP contribution in [0.4, 0.5) is 0 Å². The second-order valence-electron chi connectivity index (χ2n) is 4.98. The molecular formula is C15H23NO2. The maximum absolute atomic E-state index is 5.50. The summed E-state index contributed by atoms with van der Waals surface area (Å²) in [7, 11) is 3.42. The Labute approximate surface area is 109 Å². The molecule has 0 aromatic heterocycles. The molecule has 2 rings (SSSR count). The fourth-order valence-electron chi connectivity index (χ4n) is 2.66. The van der Waals surface area contributed by atoms with Crippen LogP contribution in [-0.2, 0) is 6.42 Å². The zero-order chi connectivity index (χ0) is 13.0. The van der Waals surface area contributed by atoms with Gasteiger partial charge < -0.3 is 14.8 Å². The minimum atomic E-state index is 0.583. The summed E-state index contributed by atoms with van der Waals surface area (Å²) in [6.07, 6.45) is 4.93. The lowest BCUT2D eigenvalue weighted by Gasteiger charge is -2.25. The van der Waals surface area contributed by atoms with E-state index in [1.165, 1.54) is 30.4 Å². The highest BCUT2D eigenvalue weighted by Gasteiger charge is 2.17. The summed E-state index contributed by atoms with van der Waals surface area (Å²) in [5, 5.41) is 3.59. The molecule has 100 valence electrons. The maximum Gasteiger partial charge on any atom is 0.126 e. The molecule has 1 aliphatic rings. The smallest absolute Gasteiger partial charge is 0.126 e. The summed E-state index contributed by atoms with van der Waals surface area (Å²) in [5.41, 5.74) is 2.55. The molecule has 3 nitrogen and oxygen atoms in total. The van der Waals surface area contributed by atoms with Gasteiger partial charge in [-0.1, -0.05) is 6.42 Å². The normalized spacial score (nSPS) is 19.6. The molecule has 1 heterocycles. The fourth-order valence-corrected chi connectivity index (χ4v) is 2.66. The summed E-state index contributed by atoms with van der Waals surface area (Å²) < 4.78 is 10.8. The number of benzene rings is 1. The lowest BCUT2D eigenvalue weighted by molar-refractivity contribution is 0.374. The van der Waals surface area contributed by atoms with Crippen LogP contribution in [0.1, 0.15) is 30.4 Å². The Balaban J connectivity index is 2.19. The SMILES string of the molecule is COc1cc(C)c(CC2CCCCN2)c(OC)c1. The maximum atomic E-state index is 5.50. The van der Waals surface area contributed by atoms with Crippen molar-refractivity contribution in [3.8, 4) is 11.5 Å². The van der Waals surface area contributed by atoms with Gasteiger partial charge in [-0.2, -0.15) is 0 Å². The molecule has 1 fully saturated rings. The van der Waals surface area contributed by atoms with Crippen molar-refractivity contribution in [2.75, 3.05) is 20.8 Å².